The molecule has 1 saturated carbocycles. The molecule has 0 aromatic heterocycles. The molecule has 0 amide bonds. The van der Waals surface area contributed by atoms with E-state index in [0.29, 0.717) is 6.42 Å². The van der Waals surface area contributed by atoms with Gasteiger partial charge in [-0.05, 0) is 13.3 Å². The molecule has 0 radical (unpaired) electrons. The molecule has 0 aromatic carbocycles. The SMILES string of the molecule is CC1(C)CC(O)CC(C)(O)C1(O)C=CC(O)CO. The van der Waals surface area contributed by atoms with Crippen molar-refractivity contribution in [3.63, 3.8) is 0 Å². The van der Waals surface area contributed by atoms with Gasteiger partial charge in [0.25, 0.3) is 0 Å². The van der Waals surface area contributed by atoms with Crippen LogP contribution in [0.1, 0.15) is 33.6 Å². The first kappa shape index (κ1) is 15.6. The summed E-state index contributed by atoms with van der Waals surface area (Å²) in [4.78, 5) is 0. The molecule has 18 heavy (non-hydrogen) atoms. The van der Waals surface area contributed by atoms with Crippen LogP contribution in [0.25, 0.3) is 0 Å². The van der Waals surface area contributed by atoms with Crippen molar-refractivity contribution in [3.8, 4) is 0 Å². The highest BCUT2D eigenvalue weighted by Gasteiger charge is 2.58. The maximum atomic E-state index is 10.7. The fourth-order valence-corrected chi connectivity index (χ4v) is 2.88. The van der Waals surface area contributed by atoms with Gasteiger partial charge < -0.3 is 25.5 Å². The van der Waals surface area contributed by atoms with Crippen LogP contribution >= 0.6 is 0 Å². The molecule has 4 unspecified atom stereocenters. The van der Waals surface area contributed by atoms with Crippen LogP contribution in [0.4, 0.5) is 0 Å². The lowest BCUT2D eigenvalue weighted by Gasteiger charge is -2.54. The van der Waals surface area contributed by atoms with Crippen molar-refractivity contribution in [1.82, 2.24) is 0 Å². The minimum Gasteiger partial charge on any atom is -0.393 e. The monoisotopic (exact) mass is 260 g/mol. The van der Waals surface area contributed by atoms with E-state index >= 15 is 0 Å². The predicted molar refractivity (Wildman–Crippen MR) is 66.8 cm³/mol. The zero-order valence-electron chi connectivity index (χ0n) is 11.2. The van der Waals surface area contributed by atoms with Gasteiger partial charge in [-0.25, -0.2) is 0 Å². The summed E-state index contributed by atoms with van der Waals surface area (Å²) < 4.78 is 0. The van der Waals surface area contributed by atoms with E-state index in [1.165, 1.54) is 19.1 Å². The third-order valence-corrected chi connectivity index (χ3v) is 3.98. The molecule has 5 N–H and O–H groups in total. The molecule has 0 bridgehead atoms. The lowest BCUT2D eigenvalue weighted by molar-refractivity contribution is -0.217. The van der Waals surface area contributed by atoms with Gasteiger partial charge in [0.15, 0.2) is 0 Å². The normalized spacial score (nSPS) is 42.1. The molecule has 5 nitrogen and oxygen atoms in total. The molecule has 1 aliphatic carbocycles. The Bertz CT molecular complexity index is 303. The largest absolute Gasteiger partial charge is 0.393 e. The number of hydrogen-bond donors (Lipinski definition) is 5. The Morgan fingerprint density at radius 2 is 1.78 bits per heavy atom. The average Bonchev–Trinajstić information content (AvgIpc) is 2.21. The molecule has 0 aromatic rings. The van der Waals surface area contributed by atoms with Gasteiger partial charge in [0.05, 0.1) is 24.4 Å². The van der Waals surface area contributed by atoms with Gasteiger partial charge in [-0.2, -0.15) is 0 Å². The van der Waals surface area contributed by atoms with Crippen LogP contribution < -0.4 is 0 Å². The van der Waals surface area contributed by atoms with Crippen LogP contribution in [-0.2, 0) is 0 Å². The Morgan fingerprint density at radius 3 is 2.22 bits per heavy atom. The van der Waals surface area contributed by atoms with E-state index in [4.69, 9.17) is 5.11 Å². The number of hydrogen-bond acceptors (Lipinski definition) is 5. The van der Waals surface area contributed by atoms with Gasteiger partial charge in [0, 0.05) is 11.8 Å². The van der Waals surface area contributed by atoms with Crippen molar-refractivity contribution >= 4 is 0 Å². The molecule has 4 atom stereocenters. The highest BCUT2D eigenvalue weighted by Crippen LogP contribution is 2.50. The van der Waals surface area contributed by atoms with Crippen LogP contribution in [-0.4, -0.2) is 55.5 Å². The van der Waals surface area contributed by atoms with Gasteiger partial charge in [0.1, 0.15) is 5.60 Å². The smallest absolute Gasteiger partial charge is 0.116 e. The molecule has 1 rings (SSSR count). The second-order valence-corrected chi connectivity index (χ2v) is 6.10. The summed E-state index contributed by atoms with van der Waals surface area (Å²) in [6.07, 6.45) is 1.26. The maximum absolute atomic E-state index is 10.7. The summed E-state index contributed by atoms with van der Waals surface area (Å²) in [5, 5.41) is 49.0. The van der Waals surface area contributed by atoms with E-state index in [1.54, 1.807) is 13.8 Å². The van der Waals surface area contributed by atoms with E-state index in [0.717, 1.165) is 0 Å². The van der Waals surface area contributed by atoms with Gasteiger partial charge in [-0.15, -0.1) is 0 Å². The summed E-state index contributed by atoms with van der Waals surface area (Å²) in [6, 6.07) is 0. The maximum Gasteiger partial charge on any atom is 0.116 e. The van der Waals surface area contributed by atoms with Gasteiger partial charge in [-0.1, -0.05) is 26.0 Å². The first-order valence-corrected chi connectivity index (χ1v) is 6.17. The van der Waals surface area contributed by atoms with Crippen molar-refractivity contribution in [2.24, 2.45) is 5.41 Å². The fourth-order valence-electron chi connectivity index (χ4n) is 2.88. The predicted octanol–water partition coefficient (Wildman–Crippen LogP) is -0.441. The molecule has 1 aliphatic rings. The molecule has 5 heteroatoms. The third kappa shape index (κ3) is 2.60. The summed E-state index contributed by atoms with van der Waals surface area (Å²) in [6.45, 7) is 4.52. The summed E-state index contributed by atoms with van der Waals surface area (Å²) >= 11 is 0. The third-order valence-electron chi connectivity index (χ3n) is 3.98. The summed E-state index contributed by atoms with van der Waals surface area (Å²) in [5.74, 6) is 0. The molecular weight excluding hydrogens is 236 g/mol. The summed E-state index contributed by atoms with van der Waals surface area (Å²) in [7, 11) is 0. The summed E-state index contributed by atoms with van der Waals surface area (Å²) in [5.41, 5.74) is -3.82. The van der Waals surface area contributed by atoms with Crippen molar-refractivity contribution in [3.05, 3.63) is 12.2 Å². The molecule has 0 spiro atoms. The van der Waals surface area contributed by atoms with Gasteiger partial charge in [0.2, 0.25) is 0 Å². The van der Waals surface area contributed by atoms with E-state index in [9.17, 15) is 20.4 Å². The quantitative estimate of drug-likeness (QED) is 0.443. The zero-order chi connectivity index (χ0) is 14.2. The highest BCUT2D eigenvalue weighted by molar-refractivity contribution is 5.21. The van der Waals surface area contributed by atoms with Crippen LogP contribution in [0, 0.1) is 5.41 Å². The minimum absolute atomic E-state index is 0.0620. The van der Waals surface area contributed by atoms with Crippen molar-refractivity contribution < 1.29 is 25.5 Å². The number of aliphatic hydroxyl groups is 5. The molecule has 0 aliphatic heterocycles. The lowest BCUT2D eigenvalue weighted by atomic mass is 9.57. The standard InChI is InChI=1S/C13H24O5/c1-11(2)6-10(16)7-12(3,17)13(11,18)5-4-9(15)8-14/h4-5,9-10,14-18H,6-8H2,1-3H3. The topological polar surface area (TPSA) is 101 Å². The lowest BCUT2D eigenvalue weighted by Crippen LogP contribution is -2.65. The second-order valence-electron chi connectivity index (χ2n) is 6.10. The average molecular weight is 260 g/mol. The Labute approximate surface area is 107 Å². The van der Waals surface area contributed by atoms with Crippen molar-refractivity contribution in [1.29, 1.82) is 0 Å². The van der Waals surface area contributed by atoms with Crippen LogP contribution in [0.15, 0.2) is 12.2 Å². The first-order chi connectivity index (χ1) is 8.06. The molecule has 0 heterocycles. The van der Waals surface area contributed by atoms with Gasteiger partial charge in [-0.3, -0.25) is 0 Å². The Hall–Kier alpha value is -0.460. The fraction of sp³-hybridized carbons (Fsp3) is 0.846. The van der Waals surface area contributed by atoms with Crippen LogP contribution in [0.3, 0.4) is 0 Å². The molecule has 0 saturated heterocycles. The first-order valence-electron chi connectivity index (χ1n) is 6.17. The van der Waals surface area contributed by atoms with Crippen molar-refractivity contribution in [2.75, 3.05) is 6.61 Å². The van der Waals surface area contributed by atoms with E-state index < -0.39 is 35.4 Å². The second kappa shape index (κ2) is 4.90. The highest BCUT2D eigenvalue weighted by atomic mass is 16.4. The number of rotatable bonds is 3. The van der Waals surface area contributed by atoms with Crippen molar-refractivity contribution in [2.45, 2.75) is 57.0 Å². The van der Waals surface area contributed by atoms with E-state index in [2.05, 4.69) is 0 Å². The van der Waals surface area contributed by atoms with Gasteiger partial charge >= 0.3 is 0 Å². The Kier molecular flexibility index (Phi) is 4.25. The number of aliphatic hydroxyl groups excluding tert-OH is 3. The Morgan fingerprint density at radius 1 is 1.22 bits per heavy atom. The zero-order valence-corrected chi connectivity index (χ0v) is 11.2. The van der Waals surface area contributed by atoms with Crippen LogP contribution in [0.2, 0.25) is 0 Å². The minimum atomic E-state index is -1.57. The molecular formula is C13H24O5. The molecule has 106 valence electrons. The Balaban J connectivity index is 3.10. The van der Waals surface area contributed by atoms with E-state index in [1.807, 2.05) is 0 Å². The van der Waals surface area contributed by atoms with Crippen LogP contribution in [0.5, 0.6) is 0 Å². The molecule has 1 fully saturated rings. The van der Waals surface area contributed by atoms with E-state index in [-0.39, 0.29) is 6.42 Å².